The fraction of sp³-hybridized carbons (Fsp3) is 0. The topological polar surface area (TPSA) is 281 Å². The van der Waals surface area contributed by atoms with Crippen LogP contribution < -0.4 is 70.6 Å². The first kappa shape index (κ1) is 38.6. The fourth-order valence-electron chi connectivity index (χ4n) is 4.13. The van der Waals surface area contributed by atoms with E-state index >= 15 is 0 Å². The normalized spacial score (nSPS) is 12.0. The van der Waals surface area contributed by atoms with E-state index in [9.17, 15) is 36.2 Å². The van der Waals surface area contributed by atoms with E-state index in [1.165, 1.54) is 54.6 Å². The van der Waals surface area contributed by atoms with Crippen molar-refractivity contribution in [2.24, 2.45) is 30.7 Å². The maximum absolute atomic E-state index is 12.2. The molecule has 0 amide bonds. The van der Waals surface area contributed by atoms with Gasteiger partial charge in [-0.15, -0.1) is 15.3 Å². The Labute approximate surface area is 317 Å². The number of hydrogen-bond donors (Lipinski definition) is 4. The summed E-state index contributed by atoms with van der Waals surface area (Å²) in [6.45, 7) is 0. The Morgan fingerprint density at radius 3 is 1.58 bits per heavy atom. The summed E-state index contributed by atoms with van der Waals surface area (Å²) in [4.78, 5) is -2.03. The molecule has 0 saturated carbocycles. The Balaban J connectivity index is 0.00000312. The Morgan fingerprint density at radius 2 is 1.06 bits per heavy atom. The van der Waals surface area contributed by atoms with Crippen LogP contribution in [0.15, 0.2) is 125 Å². The number of hydrogen-bond acceptors (Lipinski definition) is 16. The van der Waals surface area contributed by atoms with Crippen LogP contribution in [0.5, 0.6) is 11.5 Å². The second kappa shape index (κ2) is 15.6. The number of azo groups is 3. The van der Waals surface area contributed by atoms with Crippen LogP contribution in [0.2, 0.25) is 0 Å². The average Bonchev–Trinajstić information content (AvgIpc) is 2.99. The van der Waals surface area contributed by atoms with Gasteiger partial charge in [0.1, 0.15) is 43.0 Å². The molecule has 6 N–H and O–H groups in total. The van der Waals surface area contributed by atoms with E-state index in [4.69, 9.17) is 11.5 Å². The van der Waals surface area contributed by atoms with Gasteiger partial charge in [0.15, 0.2) is 5.75 Å². The molecule has 48 heavy (non-hydrogen) atoms. The van der Waals surface area contributed by atoms with E-state index in [1.54, 1.807) is 18.2 Å². The predicted octanol–water partition coefficient (Wildman–Crippen LogP) is 0.478. The summed E-state index contributed by atoms with van der Waals surface area (Å²) < 4.78 is 72.8. The number of nitrogens with two attached hydrogens (primary N) is 2. The summed E-state index contributed by atoms with van der Waals surface area (Å²) in [5.41, 5.74) is 11.3. The maximum atomic E-state index is 12.2. The van der Waals surface area contributed by atoms with E-state index in [-0.39, 0.29) is 92.7 Å². The molecule has 0 atom stereocenters. The molecule has 0 radical (unpaired) electrons. The van der Waals surface area contributed by atoms with Crippen molar-refractivity contribution < 1.29 is 95.3 Å². The minimum Gasteiger partial charge on any atom is -0.744 e. The molecule has 0 aromatic heterocycles. The zero-order chi connectivity index (χ0) is 33.2. The van der Waals surface area contributed by atoms with Crippen molar-refractivity contribution in [2.45, 2.75) is 9.79 Å². The van der Waals surface area contributed by atoms with Gasteiger partial charge in [-0.25, -0.2) is 16.8 Å². The SMILES string of the molecule is Nc1cc(O)ccc1N=Nc1ccc(N=Nc2c(S(=O)(=O)[O-])cc3cc(S(=O)(=O)[O-])c(N=Nc4ccccc4)c(O)c3c2N)cc1.[Na+].[Na+]. The van der Waals surface area contributed by atoms with Crippen LogP contribution in [0.25, 0.3) is 10.8 Å². The molecule has 0 fully saturated rings. The minimum atomic E-state index is -5.30. The number of nitrogen functional groups attached to an aromatic ring is 2. The van der Waals surface area contributed by atoms with E-state index in [1.807, 2.05) is 0 Å². The third-order valence-corrected chi connectivity index (χ3v) is 7.97. The molecule has 20 heteroatoms. The number of rotatable bonds is 8. The Kier molecular flexibility index (Phi) is 12.6. The maximum Gasteiger partial charge on any atom is 1.00 e. The molecule has 0 bridgehead atoms. The quantitative estimate of drug-likeness (QED) is 0.0749. The van der Waals surface area contributed by atoms with Gasteiger partial charge in [0.25, 0.3) is 0 Å². The Bertz CT molecular complexity index is 2310. The summed E-state index contributed by atoms with van der Waals surface area (Å²) in [5, 5.41) is 43.2. The molecule has 0 spiro atoms. The summed E-state index contributed by atoms with van der Waals surface area (Å²) in [5.74, 6) is -0.963. The van der Waals surface area contributed by atoms with E-state index in [0.717, 1.165) is 6.07 Å². The van der Waals surface area contributed by atoms with Crippen molar-refractivity contribution in [1.82, 2.24) is 0 Å². The van der Waals surface area contributed by atoms with Crippen molar-refractivity contribution in [1.29, 1.82) is 0 Å². The first-order chi connectivity index (χ1) is 21.7. The summed E-state index contributed by atoms with van der Waals surface area (Å²) in [6, 6.07) is 19.4. The monoisotopic (exact) mass is 706 g/mol. The molecule has 234 valence electrons. The van der Waals surface area contributed by atoms with Crippen molar-refractivity contribution in [3.63, 3.8) is 0 Å². The van der Waals surface area contributed by atoms with Crippen molar-refractivity contribution in [2.75, 3.05) is 11.5 Å². The van der Waals surface area contributed by atoms with Gasteiger partial charge in [-0.2, -0.15) is 15.3 Å². The molecule has 0 aliphatic rings. The van der Waals surface area contributed by atoms with Gasteiger partial charge in [0.2, 0.25) is 0 Å². The average molecular weight is 707 g/mol. The number of fused-ring (bicyclic) bond motifs is 1. The zero-order valence-corrected chi connectivity index (χ0v) is 30.7. The summed E-state index contributed by atoms with van der Waals surface area (Å²) >= 11 is 0. The third kappa shape index (κ3) is 8.80. The van der Waals surface area contributed by atoms with Crippen molar-refractivity contribution >= 4 is 76.5 Å². The van der Waals surface area contributed by atoms with Crippen molar-refractivity contribution in [3.8, 4) is 11.5 Å². The number of phenolic OH excluding ortho intramolecular Hbond substituents is 2. The van der Waals surface area contributed by atoms with Gasteiger partial charge in [0.05, 0.1) is 43.6 Å². The molecule has 16 nitrogen and oxygen atoms in total. The van der Waals surface area contributed by atoms with Crippen LogP contribution in [-0.4, -0.2) is 36.2 Å². The van der Waals surface area contributed by atoms with Crippen LogP contribution in [0.4, 0.5) is 45.5 Å². The molecule has 0 heterocycles. The van der Waals surface area contributed by atoms with Gasteiger partial charge in [-0.05, 0) is 66.0 Å². The smallest absolute Gasteiger partial charge is 0.744 e. The Hall–Kier alpha value is -3.82. The summed E-state index contributed by atoms with van der Waals surface area (Å²) in [7, 11) is -10.6. The summed E-state index contributed by atoms with van der Waals surface area (Å²) in [6.07, 6.45) is 0. The van der Waals surface area contributed by atoms with Crippen LogP contribution in [-0.2, 0) is 20.2 Å². The molecule has 5 aromatic carbocycles. The van der Waals surface area contributed by atoms with E-state index < -0.39 is 52.8 Å². The fourth-order valence-corrected chi connectivity index (χ4v) is 5.44. The van der Waals surface area contributed by atoms with Gasteiger partial charge < -0.3 is 30.8 Å². The van der Waals surface area contributed by atoms with E-state index in [0.29, 0.717) is 17.4 Å². The van der Waals surface area contributed by atoms with Gasteiger partial charge in [-0.3, -0.25) is 0 Å². The van der Waals surface area contributed by atoms with Crippen LogP contribution in [0.3, 0.4) is 0 Å². The molecule has 0 aliphatic carbocycles. The first-order valence-electron chi connectivity index (χ1n) is 12.7. The second-order valence-electron chi connectivity index (χ2n) is 9.41. The van der Waals surface area contributed by atoms with Gasteiger partial charge >= 0.3 is 59.1 Å². The van der Waals surface area contributed by atoms with Gasteiger partial charge in [-0.1, -0.05) is 18.2 Å². The molecule has 0 saturated heterocycles. The number of phenols is 2. The second-order valence-corrected chi connectivity index (χ2v) is 12.1. The molecular weight excluding hydrogens is 686 g/mol. The minimum absolute atomic E-state index is 0. The standard InChI is InChI=1S/C28H22N8O8S2.2Na/c29-20-14-19(37)10-11-21(20)34-31-17-6-8-18(9-7-17)33-35-26-22(45(39,40)41)12-15-13-23(46(42,43)44)27(28(38)24(15)25(26)30)36-32-16-4-2-1-3-5-16;;/h1-14,37-38H,29-30H2,(H,39,40,41)(H,42,43,44);;/q;2*+1/p-2. The Morgan fingerprint density at radius 1 is 0.583 bits per heavy atom. The largest absolute Gasteiger partial charge is 1.00 e. The molecule has 0 unspecified atom stereocenters. The first-order valence-corrected chi connectivity index (χ1v) is 15.6. The zero-order valence-electron chi connectivity index (χ0n) is 25.1. The number of nitrogens with zero attached hydrogens (tertiary/aromatic N) is 6. The van der Waals surface area contributed by atoms with Crippen LogP contribution >= 0.6 is 0 Å². The molecule has 5 aromatic rings. The van der Waals surface area contributed by atoms with E-state index in [2.05, 4.69) is 30.7 Å². The molecule has 5 rings (SSSR count). The number of benzene rings is 5. The van der Waals surface area contributed by atoms with Crippen LogP contribution in [0, 0.1) is 0 Å². The van der Waals surface area contributed by atoms with Crippen LogP contribution in [0.1, 0.15) is 0 Å². The van der Waals surface area contributed by atoms with Crippen molar-refractivity contribution in [3.05, 3.63) is 84.9 Å². The number of anilines is 2. The molecule has 0 aliphatic heterocycles. The third-order valence-electron chi connectivity index (χ3n) is 6.27. The predicted molar refractivity (Wildman–Crippen MR) is 164 cm³/mol. The number of aromatic hydroxyl groups is 2. The van der Waals surface area contributed by atoms with Gasteiger partial charge in [0, 0.05) is 6.07 Å². The molecular formula is C28H20N8Na2O8S2.